The molecule has 24 heavy (non-hydrogen) atoms. The molecular weight excluding hydrogens is 324 g/mol. The Bertz CT molecular complexity index is 757. The van der Waals surface area contributed by atoms with E-state index in [1.165, 1.54) is 11.8 Å². The zero-order chi connectivity index (χ0) is 17.1. The number of aromatic nitrogens is 3. The lowest BCUT2D eigenvalue weighted by Gasteiger charge is -2.16. The summed E-state index contributed by atoms with van der Waals surface area (Å²) in [4.78, 5) is 26.1. The number of hydrogen-bond donors (Lipinski definition) is 0. The molecule has 0 spiro atoms. The number of thioether (sulfide) groups is 1. The van der Waals surface area contributed by atoms with Crippen molar-refractivity contribution in [3.63, 3.8) is 0 Å². The Morgan fingerprint density at radius 3 is 2.92 bits per heavy atom. The average molecular weight is 344 g/mol. The van der Waals surface area contributed by atoms with Crippen LogP contribution in [0.1, 0.15) is 43.1 Å². The lowest BCUT2D eigenvalue weighted by molar-refractivity contribution is -0.117. The van der Waals surface area contributed by atoms with E-state index in [1.54, 1.807) is 23.4 Å². The van der Waals surface area contributed by atoms with Gasteiger partial charge >= 0.3 is 0 Å². The topological polar surface area (TPSA) is 68.1 Å². The molecule has 0 saturated carbocycles. The van der Waals surface area contributed by atoms with E-state index in [0.717, 1.165) is 23.8 Å². The first-order valence-electron chi connectivity index (χ1n) is 8.02. The summed E-state index contributed by atoms with van der Waals surface area (Å²) in [5.41, 5.74) is 1.43. The fourth-order valence-corrected chi connectivity index (χ4v) is 3.61. The smallest absolute Gasteiger partial charge is 0.227 e. The van der Waals surface area contributed by atoms with Crippen LogP contribution >= 0.6 is 11.8 Å². The highest BCUT2D eigenvalue weighted by Gasteiger charge is 2.22. The third-order valence-corrected chi connectivity index (χ3v) is 4.94. The van der Waals surface area contributed by atoms with Gasteiger partial charge in [-0.25, -0.2) is 0 Å². The van der Waals surface area contributed by atoms with Crippen LogP contribution in [0.25, 0.3) is 0 Å². The Labute approximate surface area is 145 Å². The van der Waals surface area contributed by atoms with E-state index < -0.39 is 0 Å². The van der Waals surface area contributed by atoms with Gasteiger partial charge in [0.2, 0.25) is 5.91 Å². The van der Waals surface area contributed by atoms with E-state index in [0.29, 0.717) is 17.7 Å². The van der Waals surface area contributed by atoms with Crippen molar-refractivity contribution in [2.45, 2.75) is 37.9 Å². The van der Waals surface area contributed by atoms with Gasteiger partial charge in [-0.1, -0.05) is 23.9 Å². The van der Waals surface area contributed by atoms with Crippen molar-refractivity contribution in [3.8, 4) is 0 Å². The predicted octanol–water partition coefficient (Wildman–Crippen LogP) is 2.96. The highest BCUT2D eigenvalue weighted by Crippen LogP contribution is 2.24. The Morgan fingerprint density at radius 1 is 1.38 bits per heavy atom. The summed E-state index contributed by atoms with van der Waals surface area (Å²) >= 11 is 1.38. The van der Waals surface area contributed by atoms with Crippen molar-refractivity contribution in [1.29, 1.82) is 0 Å². The summed E-state index contributed by atoms with van der Waals surface area (Å²) < 4.78 is 1.94. The van der Waals surface area contributed by atoms with Crippen LogP contribution in [0.2, 0.25) is 0 Å². The Morgan fingerprint density at radius 2 is 2.21 bits per heavy atom. The fourth-order valence-electron chi connectivity index (χ4n) is 2.67. The van der Waals surface area contributed by atoms with Crippen LogP contribution in [0, 0.1) is 0 Å². The largest absolute Gasteiger partial charge is 0.312 e. The Balaban J connectivity index is 1.69. The normalized spacial score (nSPS) is 14.6. The number of amides is 1. The lowest BCUT2D eigenvalue weighted by Crippen LogP contribution is -2.23. The van der Waals surface area contributed by atoms with Gasteiger partial charge in [-0.15, -0.1) is 10.2 Å². The zero-order valence-corrected chi connectivity index (χ0v) is 14.6. The molecule has 0 unspecified atom stereocenters. The Hall–Kier alpha value is -2.15. The molecule has 0 aliphatic carbocycles. The fraction of sp³-hybridized carbons (Fsp3) is 0.412. The molecule has 3 rings (SSSR count). The van der Waals surface area contributed by atoms with Crippen molar-refractivity contribution in [3.05, 3.63) is 36.2 Å². The van der Waals surface area contributed by atoms with Crippen molar-refractivity contribution in [2.24, 2.45) is 0 Å². The number of rotatable bonds is 6. The Kier molecular flexibility index (Phi) is 4.99. The summed E-state index contributed by atoms with van der Waals surface area (Å²) in [6.45, 7) is 4.82. The third kappa shape index (κ3) is 3.51. The van der Waals surface area contributed by atoms with Crippen molar-refractivity contribution in [2.75, 3.05) is 17.2 Å². The van der Waals surface area contributed by atoms with Crippen LogP contribution in [-0.4, -0.2) is 38.8 Å². The molecule has 1 aromatic heterocycles. The standard InChI is InChI=1S/C17H20N4O2S/c1-12(2)21-11-18-19-17(21)24-10-15(22)13-5-3-6-14(9-13)20-8-4-7-16(20)23/h3,5-6,9,11-12H,4,7-8,10H2,1-2H3. The van der Waals surface area contributed by atoms with Gasteiger partial charge < -0.3 is 9.47 Å². The number of carbonyl (C=O) groups is 2. The second kappa shape index (κ2) is 7.17. The highest BCUT2D eigenvalue weighted by atomic mass is 32.2. The van der Waals surface area contributed by atoms with E-state index in [-0.39, 0.29) is 17.7 Å². The third-order valence-electron chi connectivity index (χ3n) is 3.98. The minimum Gasteiger partial charge on any atom is -0.312 e. The monoisotopic (exact) mass is 344 g/mol. The van der Waals surface area contributed by atoms with Crippen LogP contribution < -0.4 is 4.90 Å². The molecule has 6 nitrogen and oxygen atoms in total. The molecule has 1 aliphatic heterocycles. The number of hydrogen-bond acceptors (Lipinski definition) is 5. The van der Waals surface area contributed by atoms with Crippen LogP contribution in [-0.2, 0) is 4.79 Å². The van der Waals surface area contributed by atoms with Gasteiger partial charge in [0.25, 0.3) is 0 Å². The van der Waals surface area contributed by atoms with Gasteiger partial charge in [0.1, 0.15) is 6.33 Å². The molecule has 1 aromatic carbocycles. The van der Waals surface area contributed by atoms with Crippen LogP contribution in [0.5, 0.6) is 0 Å². The number of Topliss-reactive ketones (excluding diaryl/α,β-unsaturated/α-hetero) is 1. The summed E-state index contributed by atoms with van der Waals surface area (Å²) in [6.07, 6.45) is 3.13. The lowest BCUT2D eigenvalue weighted by atomic mass is 10.1. The van der Waals surface area contributed by atoms with E-state index >= 15 is 0 Å². The van der Waals surface area contributed by atoms with E-state index in [9.17, 15) is 9.59 Å². The molecule has 2 aromatic rings. The van der Waals surface area contributed by atoms with Crippen molar-refractivity contribution >= 4 is 29.1 Å². The molecule has 1 amide bonds. The maximum Gasteiger partial charge on any atom is 0.227 e. The van der Waals surface area contributed by atoms with Crippen LogP contribution in [0.4, 0.5) is 5.69 Å². The van der Waals surface area contributed by atoms with Crippen LogP contribution in [0.15, 0.2) is 35.7 Å². The van der Waals surface area contributed by atoms with E-state index in [2.05, 4.69) is 10.2 Å². The van der Waals surface area contributed by atoms with Crippen molar-refractivity contribution < 1.29 is 9.59 Å². The minimum absolute atomic E-state index is 0.0202. The van der Waals surface area contributed by atoms with Gasteiger partial charge in [-0.3, -0.25) is 9.59 Å². The minimum atomic E-state index is 0.0202. The second-order valence-electron chi connectivity index (χ2n) is 6.03. The molecule has 0 bridgehead atoms. The van der Waals surface area contributed by atoms with Gasteiger partial charge in [-0.2, -0.15) is 0 Å². The molecule has 1 fully saturated rings. The van der Waals surface area contributed by atoms with Gasteiger partial charge in [0.15, 0.2) is 10.9 Å². The highest BCUT2D eigenvalue weighted by molar-refractivity contribution is 7.99. The molecule has 2 heterocycles. The van der Waals surface area contributed by atoms with Gasteiger partial charge in [-0.05, 0) is 32.4 Å². The van der Waals surface area contributed by atoms with Crippen LogP contribution in [0.3, 0.4) is 0 Å². The number of carbonyl (C=O) groups excluding carboxylic acids is 2. The second-order valence-corrected chi connectivity index (χ2v) is 6.97. The molecule has 1 saturated heterocycles. The SMILES string of the molecule is CC(C)n1cnnc1SCC(=O)c1cccc(N2CCCC2=O)c1. The number of anilines is 1. The number of nitrogens with zero attached hydrogens (tertiary/aromatic N) is 4. The molecular formula is C17H20N4O2S. The maximum atomic E-state index is 12.5. The maximum absolute atomic E-state index is 12.5. The van der Waals surface area contributed by atoms with E-state index in [1.807, 2.05) is 30.5 Å². The van der Waals surface area contributed by atoms with Crippen molar-refractivity contribution in [1.82, 2.24) is 14.8 Å². The first kappa shape index (κ1) is 16.7. The average Bonchev–Trinajstić information content (AvgIpc) is 3.21. The molecule has 0 N–H and O–H groups in total. The summed E-state index contributed by atoms with van der Waals surface area (Å²) in [6, 6.07) is 7.55. The van der Waals surface area contributed by atoms with E-state index in [4.69, 9.17) is 0 Å². The summed E-state index contributed by atoms with van der Waals surface area (Å²) in [7, 11) is 0. The number of benzene rings is 1. The molecule has 1 aliphatic rings. The quantitative estimate of drug-likeness (QED) is 0.595. The predicted molar refractivity (Wildman–Crippen MR) is 93.5 cm³/mol. The van der Waals surface area contributed by atoms with Gasteiger partial charge in [0.05, 0.1) is 5.75 Å². The summed E-state index contributed by atoms with van der Waals surface area (Å²) in [5.74, 6) is 0.439. The summed E-state index contributed by atoms with van der Waals surface area (Å²) in [5, 5.41) is 8.71. The number of ketones is 1. The first-order chi connectivity index (χ1) is 11.6. The van der Waals surface area contributed by atoms with Gasteiger partial charge in [0, 0.05) is 30.3 Å². The molecule has 126 valence electrons. The first-order valence-corrected chi connectivity index (χ1v) is 9.01. The zero-order valence-electron chi connectivity index (χ0n) is 13.8. The molecule has 0 atom stereocenters. The molecule has 0 radical (unpaired) electrons. The molecule has 7 heteroatoms.